The van der Waals surface area contributed by atoms with Gasteiger partial charge in [-0.3, -0.25) is 4.79 Å². The summed E-state index contributed by atoms with van der Waals surface area (Å²) in [4.78, 5) is 13.9. The monoisotopic (exact) mass is 214 g/mol. The molecule has 1 rings (SSSR count). The van der Waals surface area contributed by atoms with Gasteiger partial charge in [-0.25, -0.2) is 0 Å². The molecule has 0 aromatic carbocycles. The van der Waals surface area contributed by atoms with Crippen molar-refractivity contribution in [3.63, 3.8) is 0 Å². The molecule has 1 amide bonds. The second kappa shape index (κ2) is 6.08. The smallest absolute Gasteiger partial charge is 0.239 e. The summed E-state index contributed by atoms with van der Waals surface area (Å²) in [6, 6.07) is 0.296. The first-order valence-corrected chi connectivity index (χ1v) is 5.69. The van der Waals surface area contributed by atoms with E-state index in [9.17, 15) is 4.79 Å². The van der Waals surface area contributed by atoms with Gasteiger partial charge in [0.1, 0.15) is 0 Å². The van der Waals surface area contributed by atoms with Crippen LogP contribution in [0.25, 0.3) is 0 Å². The SMILES string of the molecule is COCCCN1C(=O)C(C)NCCC1C. The highest BCUT2D eigenvalue weighted by atomic mass is 16.5. The minimum absolute atomic E-state index is 0.0440. The van der Waals surface area contributed by atoms with Gasteiger partial charge in [0.25, 0.3) is 0 Å². The van der Waals surface area contributed by atoms with Crippen LogP contribution in [-0.2, 0) is 9.53 Å². The summed E-state index contributed by atoms with van der Waals surface area (Å²) >= 11 is 0. The average Bonchev–Trinajstić information content (AvgIpc) is 2.32. The van der Waals surface area contributed by atoms with Crippen LogP contribution in [0.2, 0.25) is 0 Å². The van der Waals surface area contributed by atoms with Gasteiger partial charge in [0.15, 0.2) is 0 Å². The number of amides is 1. The van der Waals surface area contributed by atoms with Crippen molar-refractivity contribution in [3.05, 3.63) is 0 Å². The van der Waals surface area contributed by atoms with E-state index in [-0.39, 0.29) is 11.9 Å². The summed E-state index contributed by atoms with van der Waals surface area (Å²) in [6.07, 6.45) is 1.95. The summed E-state index contributed by atoms with van der Waals surface area (Å²) in [5, 5.41) is 3.22. The molecule has 1 aliphatic rings. The van der Waals surface area contributed by atoms with E-state index in [2.05, 4.69) is 12.2 Å². The van der Waals surface area contributed by atoms with Crippen molar-refractivity contribution in [2.75, 3.05) is 26.8 Å². The third-order valence-corrected chi connectivity index (χ3v) is 2.95. The van der Waals surface area contributed by atoms with Crippen LogP contribution in [0.5, 0.6) is 0 Å². The van der Waals surface area contributed by atoms with Crippen LogP contribution in [0.4, 0.5) is 0 Å². The fourth-order valence-corrected chi connectivity index (χ4v) is 1.93. The van der Waals surface area contributed by atoms with Crippen molar-refractivity contribution in [2.24, 2.45) is 0 Å². The number of carbonyl (C=O) groups is 1. The topological polar surface area (TPSA) is 41.6 Å². The number of methoxy groups -OCH3 is 1. The average molecular weight is 214 g/mol. The van der Waals surface area contributed by atoms with Gasteiger partial charge in [-0.15, -0.1) is 0 Å². The van der Waals surface area contributed by atoms with E-state index in [4.69, 9.17) is 4.74 Å². The van der Waals surface area contributed by atoms with Gasteiger partial charge >= 0.3 is 0 Å². The van der Waals surface area contributed by atoms with Crippen molar-refractivity contribution in [3.8, 4) is 0 Å². The fourth-order valence-electron chi connectivity index (χ4n) is 1.93. The summed E-state index contributed by atoms with van der Waals surface area (Å²) in [7, 11) is 1.69. The van der Waals surface area contributed by atoms with E-state index >= 15 is 0 Å². The Morgan fingerprint density at radius 1 is 1.53 bits per heavy atom. The number of ether oxygens (including phenoxy) is 1. The molecule has 0 radical (unpaired) electrons. The number of nitrogens with one attached hydrogen (secondary N) is 1. The molecule has 0 spiro atoms. The first-order valence-electron chi connectivity index (χ1n) is 5.69. The number of hydrogen-bond donors (Lipinski definition) is 1. The molecule has 15 heavy (non-hydrogen) atoms. The lowest BCUT2D eigenvalue weighted by Crippen LogP contribution is -2.45. The first-order chi connectivity index (χ1) is 7.16. The molecule has 2 unspecified atom stereocenters. The number of nitrogens with zero attached hydrogens (tertiary/aromatic N) is 1. The molecule has 88 valence electrons. The zero-order chi connectivity index (χ0) is 11.3. The van der Waals surface area contributed by atoms with Crippen LogP contribution in [0.15, 0.2) is 0 Å². The number of carbonyl (C=O) groups excluding carboxylic acids is 1. The molecule has 4 nitrogen and oxygen atoms in total. The van der Waals surface area contributed by atoms with Gasteiger partial charge in [0, 0.05) is 26.3 Å². The lowest BCUT2D eigenvalue weighted by Gasteiger charge is -2.28. The van der Waals surface area contributed by atoms with Crippen molar-refractivity contribution >= 4 is 5.91 Å². The quantitative estimate of drug-likeness (QED) is 0.698. The predicted octanol–water partition coefficient (Wildman–Crippen LogP) is 0.622. The van der Waals surface area contributed by atoms with Gasteiger partial charge in [0.2, 0.25) is 5.91 Å². The molecule has 0 aromatic rings. The van der Waals surface area contributed by atoms with Gasteiger partial charge in [-0.2, -0.15) is 0 Å². The van der Waals surface area contributed by atoms with Crippen LogP contribution in [0, 0.1) is 0 Å². The summed E-state index contributed by atoms with van der Waals surface area (Å²) < 4.78 is 5.01. The summed E-state index contributed by atoms with van der Waals surface area (Å²) in [5.74, 6) is 0.219. The first kappa shape index (κ1) is 12.5. The zero-order valence-electron chi connectivity index (χ0n) is 9.95. The largest absolute Gasteiger partial charge is 0.385 e. The second-order valence-electron chi connectivity index (χ2n) is 4.19. The Bertz CT molecular complexity index is 209. The minimum atomic E-state index is -0.0440. The highest BCUT2D eigenvalue weighted by molar-refractivity contribution is 5.82. The number of rotatable bonds is 4. The number of hydrogen-bond acceptors (Lipinski definition) is 3. The minimum Gasteiger partial charge on any atom is -0.385 e. The van der Waals surface area contributed by atoms with Crippen LogP contribution in [0.1, 0.15) is 26.7 Å². The Hall–Kier alpha value is -0.610. The second-order valence-corrected chi connectivity index (χ2v) is 4.19. The van der Waals surface area contributed by atoms with E-state index in [0.717, 1.165) is 32.5 Å². The van der Waals surface area contributed by atoms with Crippen molar-refractivity contribution in [1.82, 2.24) is 10.2 Å². The maximum absolute atomic E-state index is 12.0. The molecule has 0 bridgehead atoms. The molecular weight excluding hydrogens is 192 g/mol. The highest BCUT2D eigenvalue weighted by Crippen LogP contribution is 2.10. The Morgan fingerprint density at radius 2 is 2.27 bits per heavy atom. The molecule has 0 aliphatic carbocycles. The molecule has 0 aromatic heterocycles. The van der Waals surface area contributed by atoms with Crippen molar-refractivity contribution < 1.29 is 9.53 Å². The normalized spacial score (nSPS) is 27.9. The van der Waals surface area contributed by atoms with Crippen LogP contribution in [0.3, 0.4) is 0 Å². The molecule has 4 heteroatoms. The standard InChI is InChI=1S/C11H22N2O2/c1-9-5-6-12-10(2)11(14)13(9)7-4-8-15-3/h9-10,12H,4-8H2,1-3H3. The molecule has 1 saturated heterocycles. The summed E-state index contributed by atoms with van der Waals surface area (Å²) in [6.45, 7) is 6.50. The molecule has 2 atom stereocenters. The predicted molar refractivity (Wildman–Crippen MR) is 59.7 cm³/mol. The highest BCUT2D eigenvalue weighted by Gasteiger charge is 2.26. The van der Waals surface area contributed by atoms with Crippen molar-refractivity contribution in [2.45, 2.75) is 38.8 Å². The molecule has 1 heterocycles. The van der Waals surface area contributed by atoms with E-state index in [1.165, 1.54) is 0 Å². The molecule has 1 aliphatic heterocycles. The molecular formula is C11H22N2O2. The fraction of sp³-hybridized carbons (Fsp3) is 0.909. The van der Waals surface area contributed by atoms with Crippen molar-refractivity contribution in [1.29, 1.82) is 0 Å². The van der Waals surface area contributed by atoms with Crippen LogP contribution < -0.4 is 5.32 Å². The van der Waals surface area contributed by atoms with E-state index in [0.29, 0.717) is 6.04 Å². The molecule has 1 fully saturated rings. The third kappa shape index (κ3) is 3.47. The third-order valence-electron chi connectivity index (χ3n) is 2.95. The zero-order valence-corrected chi connectivity index (χ0v) is 9.95. The van der Waals surface area contributed by atoms with Gasteiger partial charge in [-0.1, -0.05) is 0 Å². The van der Waals surface area contributed by atoms with Crippen LogP contribution >= 0.6 is 0 Å². The molecule has 1 N–H and O–H groups in total. The van der Waals surface area contributed by atoms with Gasteiger partial charge in [-0.05, 0) is 33.2 Å². The molecule has 0 saturated carbocycles. The van der Waals surface area contributed by atoms with Crippen LogP contribution in [-0.4, -0.2) is 49.7 Å². The van der Waals surface area contributed by atoms with E-state index < -0.39 is 0 Å². The lowest BCUT2D eigenvalue weighted by atomic mass is 10.2. The van der Waals surface area contributed by atoms with E-state index in [1.54, 1.807) is 7.11 Å². The van der Waals surface area contributed by atoms with Gasteiger partial charge in [0.05, 0.1) is 6.04 Å². The maximum Gasteiger partial charge on any atom is 0.239 e. The lowest BCUT2D eigenvalue weighted by molar-refractivity contribution is -0.134. The Labute approximate surface area is 92.0 Å². The maximum atomic E-state index is 12.0. The van der Waals surface area contributed by atoms with Gasteiger partial charge < -0.3 is 15.0 Å². The Kier molecular flexibility index (Phi) is 5.05. The summed E-state index contributed by atoms with van der Waals surface area (Å²) in [5.41, 5.74) is 0. The van der Waals surface area contributed by atoms with E-state index in [1.807, 2.05) is 11.8 Å². The Balaban J connectivity index is 2.51. The Morgan fingerprint density at radius 3 is 2.93 bits per heavy atom.